The van der Waals surface area contributed by atoms with Crippen LogP contribution in [0.3, 0.4) is 0 Å². The molecule has 0 atom stereocenters. The standard InChI is InChI=1S/C12H13N3O4/c1-18-8-2-3-9(12(16)17)10(6-8)13-5-4-11-14-7-19-15-11/h2-3,6-7,13H,4-5H2,1H3,(H,16,17). The van der Waals surface area contributed by atoms with Gasteiger partial charge in [0.2, 0.25) is 6.39 Å². The lowest BCUT2D eigenvalue weighted by molar-refractivity contribution is 0.0698. The average Bonchev–Trinajstić information content (AvgIpc) is 2.91. The molecule has 0 aliphatic carbocycles. The molecule has 19 heavy (non-hydrogen) atoms. The summed E-state index contributed by atoms with van der Waals surface area (Å²) in [5.41, 5.74) is 0.684. The number of benzene rings is 1. The number of carboxylic acids is 1. The highest BCUT2D eigenvalue weighted by Gasteiger charge is 2.11. The Balaban J connectivity index is 2.06. The number of nitrogens with one attached hydrogen (secondary N) is 1. The summed E-state index contributed by atoms with van der Waals surface area (Å²) >= 11 is 0. The van der Waals surface area contributed by atoms with E-state index < -0.39 is 5.97 Å². The molecule has 1 heterocycles. The van der Waals surface area contributed by atoms with E-state index in [0.29, 0.717) is 30.2 Å². The molecule has 1 aromatic carbocycles. The summed E-state index contributed by atoms with van der Waals surface area (Å²) in [5, 5.41) is 15.8. The smallest absolute Gasteiger partial charge is 0.337 e. The minimum atomic E-state index is -0.996. The Morgan fingerprint density at radius 1 is 1.53 bits per heavy atom. The van der Waals surface area contributed by atoms with Crippen molar-refractivity contribution >= 4 is 11.7 Å². The van der Waals surface area contributed by atoms with Crippen molar-refractivity contribution in [3.05, 3.63) is 36.0 Å². The number of methoxy groups -OCH3 is 1. The van der Waals surface area contributed by atoms with Gasteiger partial charge in [-0.1, -0.05) is 5.16 Å². The van der Waals surface area contributed by atoms with E-state index in [1.165, 1.54) is 19.6 Å². The molecule has 7 heteroatoms. The summed E-state index contributed by atoms with van der Waals surface area (Å²) in [6, 6.07) is 4.74. The largest absolute Gasteiger partial charge is 0.497 e. The fourth-order valence-electron chi connectivity index (χ4n) is 1.59. The summed E-state index contributed by atoms with van der Waals surface area (Å²) in [7, 11) is 1.53. The van der Waals surface area contributed by atoms with Crippen molar-refractivity contribution in [1.29, 1.82) is 0 Å². The van der Waals surface area contributed by atoms with Crippen molar-refractivity contribution in [3.63, 3.8) is 0 Å². The number of aromatic carboxylic acids is 1. The van der Waals surface area contributed by atoms with Gasteiger partial charge in [-0.05, 0) is 12.1 Å². The zero-order chi connectivity index (χ0) is 13.7. The number of ether oxygens (including phenoxy) is 1. The van der Waals surface area contributed by atoms with Gasteiger partial charge in [-0.15, -0.1) is 0 Å². The third kappa shape index (κ3) is 3.21. The Kier molecular flexibility index (Phi) is 3.97. The first kappa shape index (κ1) is 12.9. The Morgan fingerprint density at radius 3 is 3.00 bits per heavy atom. The monoisotopic (exact) mass is 263 g/mol. The van der Waals surface area contributed by atoms with Crippen molar-refractivity contribution in [2.24, 2.45) is 0 Å². The van der Waals surface area contributed by atoms with E-state index in [1.54, 1.807) is 12.1 Å². The van der Waals surface area contributed by atoms with Gasteiger partial charge in [0.1, 0.15) is 5.75 Å². The number of hydrogen-bond donors (Lipinski definition) is 2. The number of rotatable bonds is 6. The summed E-state index contributed by atoms with van der Waals surface area (Å²) < 4.78 is 9.68. The Bertz CT molecular complexity index is 554. The molecule has 1 aromatic heterocycles. The molecule has 0 spiro atoms. The minimum absolute atomic E-state index is 0.189. The molecule has 2 N–H and O–H groups in total. The summed E-state index contributed by atoms with van der Waals surface area (Å²) in [5.74, 6) is 0.157. The second kappa shape index (κ2) is 5.85. The molecular weight excluding hydrogens is 250 g/mol. The second-order valence-electron chi connectivity index (χ2n) is 3.74. The number of carboxylic acid groups (broad SMARTS) is 1. The lowest BCUT2D eigenvalue weighted by Crippen LogP contribution is -2.10. The van der Waals surface area contributed by atoms with E-state index in [0.717, 1.165) is 0 Å². The predicted molar refractivity (Wildman–Crippen MR) is 66.4 cm³/mol. The van der Waals surface area contributed by atoms with E-state index in [4.69, 9.17) is 9.84 Å². The van der Waals surface area contributed by atoms with Gasteiger partial charge in [0.05, 0.1) is 18.4 Å². The van der Waals surface area contributed by atoms with Gasteiger partial charge >= 0.3 is 5.97 Å². The lowest BCUT2D eigenvalue weighted by Gasteiger charge is -2.10. The van der Waals surface area contributed by atoms with Crippen LogP contribution in [0.4, 0.5) is 5.69 Å². The lowest BCUT2D eigenvalue weighted by atomic mass is 10.1. The fourth-order valence-corrected chi connectivity index (χ4v) is 1.59. The van der Waals surface area contributed by atoms with Crippen molar-refractivity contribution in [2.45, 2.75) is 6.42 Å². The van der Waals surface area contributed by atoms with Gasteiger partial charge in [0, 0.05) is 19.0 Å². The Morgan fingerprint density at radius 2 is 2.37 bits per heavy atom. The van der Waals surface area contributed by atoms with Crippen LogP contribution in [0.25, 0.3) is 0 Å². The third-order valence-electron chi connectivity index (χ3n) is 2.53. The number of nitrogens with zero attached hydrogens (tertiary/aromatic N) is 2. The highest BCUT2D eigenvalue weighted by atomic mass is 16.5. The first-order valence-corrected chi connectivity index (χ1v) is 5.61. The molecule has 0 unspecified atom stereocenters. The molecule has 2 rings (SSSR count). The molecule has 0 bridgehead atoms. The zero-order valence-corrected chi connectivity index (χ0v) is 10.3. The van der Waals surface area contributed by atoms with Crippen LogP contribution in [0, 0.1) is 0 Å². The van der Waals surface area contributed by atoms with Crippen molar-refractivity contribution < 1.29 is 19.2 Å². The number of hydrogen-bond acceptors (Lipinski definition) is 6. The molecule has 0 saturated heterocycles. The molecule has 0 radical (unpaired) electrons. The first-order valence-electron chi connectivity index (χ1n) is 5.61. The average molecular weight is 263 g/mol. The van der Waals surface area contributed by atoms with Gasteiger partial charge in [-0.2, -0.15) is 4.98 Å². The number of anilines is 1. The van der Waals surface area contributed by atoms with E-state index in [-0.39, 0.29) is 5.56 Å². The van der Waals surface area contributed by atoms with Crippen molar-refractivity contribution in [1.82, 2.24) is 10.1 Å². The molecule has 7 nitrogen and oxygen atoms in total. The Labute approximate surface area is 109 Å². The van der Waals surface area contributed by atoms with Gasteiger partial charge in [-0.3, -0.25) is 0 Å². The van der Waals surface area contributed by atoms with E-state index in [1.807, 2.05) is 0 Å². The third-order valence-corrected chi connectivity index (χ3v) is 2.53. The minimum Gasteiger partial charge on any atom is -0.497 e. The second-order valence-corrected chi connectivity index (χ2v) is 3.74. The molecule has 0 aliphatic rings. The highest BCUT2D eigenvalue weighted by molar-refractivity contribution is 5.94. The van der Waals surface area contributed by atoms with Crippen LogP contribution in [-0.4, -0.2) is 34.9 Å². The summed E-state index contributed by atoms with van der Waals surface area (Å²) in [4.78, 5) is 15.0. The van der Waals surface area contributed by atoms with Crippen LogP contribution in [0.15, 0.2) is 29.1 Å². The van der Waals surface area contributed by atoms with E-state index >= 15 is 0 Å². The maximum atomic E-state index is 11.1. The summed E-state index contributed by atoms with van der Waals surface area (Å²) in [6.07, 6.45) is 1.79. The van der Waals surface area contributed by atoms with Crippen LogP contribution >= 0.6 is 0 Å². The van der Waals surface area contributed by atoms with Crippen molar-refractivity contribution in [3.8, 4) is 5.75 Å². The van der Waals surface area contributed by atoms with E-state index in [2.05, 4.69) is 20.0 Å². The molecule has 0 fully saturated rings. The van der Waals surface area contributed by atoms with Crippen molar-refractivity contribution in [2.75, 3.05) is 19.0 Å². The number of aromatic nitrogens is 2. The summed E-state index contributed by atoms with van der Waals surface area (Å²) in [6.45, 7) is 0.493. The predicted octanol–water partition coefficient (Wildman–Crippen LogP) is 1.43. The molecule has 0 saturated carbocycles. The fraction of sp³-hybridized carbons (Fsp3) is 0.250. The quantitative estimate of drug-likeness (QED) is 0.813. The van der Waals surface area contributed by atoms with Crippen LogP contribution in [0.1, 0.15) is 16.2 Å². The van der Waals surface area contributed by atoms with Gasteiger partial charge in [0.25, 0.3) is 0 Å². The van der Waals surface area contributed by atoms with Gasteiger partial charge < -0.3 is 19.7 Å². The van der Waals surface area contributed by atoms with Crippen LogP contribution in [0.5, 0.6) is 5.75 Å². The normalized spacial score (nSPS) is 10.2. The molecule has 0 aliphatic heterocycles. The number of carbonyl (C=O) groups is 1. The molecular formula is C12H13N3O4. The zero-order valence-electron chi connectivity index (χ0n) is 10.3. The molecule has 0 amide bonds. The molecule has 100 valence electrons. The first-order chi connectivity index (χ1) is 9.20. The SMILES string of the molecule is COc1ccc(C(=O)O)c(NCCc2ncon2)c1. The van der Waals surface area contributed by atoms with Gasteiger partial charge in [-0.25, -0.2) is 4.79 Å². The van der Waals surface area contributed by atoms with Crippen LogP contribution < -0.4 is 10.1 Å². The molecule has 2 aromatic rings. The highest BCUT2D eigenvalue weighted by Crippen LogP contribution is 2.22. The van der Waals surface area contributed by atoms with Crippen LogP contribution in [0.2, 0.25) is 0 Å². The maximum absolute atomic E-state index is 11.1. The Hall–Kier alpha value is -2.57. The van der Waals surface area contributed by atoms with Crippen LogP contribution in [-0.2, 0) is 6.42 Å². The maximum Gasteiger partial charge on any atom is 0.337 e. The topological polar surface area (TPSA) is 97.5 Å². The van der Waals surface area contributed by atoms with Gasteiger partial charge in [0.15, 0.2) is 5.82 Å². The van der Waals surface area contributed by atoms with E-state index in [9.17, 15) is 4.79 Å².